The standard InChI is InChI=1S/C16H13N7/c17-15-21-16(22-23(15)13-7-3-4-9-18-13)20-14-12-6-2-1-5-11(12)8-10-19-14/h1-10H,(H3,17,19,20,21,22). The van der Waals surface area contributed by atoms with Crippen LogP contribution in [0.1, 0.15) is 0 Å². The summed E-state index contributed by atoms with van der Waals surface area (Å²) >= 11 is 0. The van der Waals surface area contributed by atoms with Gasteiger partial charge in [-0.15, -0.1) is 5.10 Å². The number of benzene rings is 1. The van der Waals surface area contributed by atoms with E-state index >= 15 is 0 Å². The minimum atomic E-state index is 0.256. The zero-order valence-electron chi connectivity index (χ0n) is 12.1. The van der Waals surface area contributed by atoms with Gasteiger partial charge in [-0.05, 0) is 23.6 Å². The molecule has 0 aliphatic heterocycles. The van der Waals surface area contributed by atoms with Crippen LogP contribution < -0.4 is 11.1 Å². The molecular weight excluding hydrogens is 290 g/mol. The van der Waals surface area contributed by atoms with Crippen molar-refractivity contribution in [1.29, 1.82) is 0 Å². The van der Waals surface area contributed by atoms with Gasteiger partial charge in [0.05, 0.1) is 0 Å². The minimum absolute atomic E-state index is 0.256. The Morgan fingerprint density at radius 3 is 2.65 bits per heavy atom. The SMILES string of the molecule is Nc1nc(Nc2nccc3ccccc23)nn1-c1ccccn1. The van der Waals surface area contributed by atoms with Crippen molar-refractivity contribution in [3.8, 4) is 5.82 Å². The van der Waals surface area contributed by atoms with Crippen molar-refractivity contribution in [2.45, 2.75) is 0 Å². The molecule has 0 saturated heterocycles. The molecule has 112 valence electrons. The highest BCUT2D eigenvalue weighted by atomic mass is 15.4. The van der Waals surface area contributed by atoms with E-state index in [9.17, 15) is 0 Å². The number of nitrogen functional groups attached to an aromatic ring is 1. The lowest BCUT2D eigenvalue weighted by molar-refractivity contribution is 0.859. The summed E-state index contributed by atoms with van der Waals surface area (Å²) in [4.78, 5) is 12.8. The summed E-state index contributed by atoms with van der Waals surface area (Å²) in [6, 6.07) is 15.4. The molecule has 0 spiro atoms. The Morgan fingerprint density at radius 1 is 0.913 bits per heavy atom. The maximum atomic E-state index is 5.93. The van der Waals surface area contributed by atoms with Crippen LogP contribution in [0.2, 0.25) is 0 Å². The number of nitrogens with one attached hydrogen (secondary N) is 1. The molecule has 3 aromatic heterocycles. The molecule has 0 atom stereocenters. The van der Waals surface area contributed by atoms with Crippen LogP contribution in [-0.2, 0) is 0 Å². The number of pyridine rings is 2. The second-order valence-electron chi connectivity index (χ2n) is 4.90. The number of nitrogens with zero attached hydrogens (tertiary/aromatic N) is 5. The van der Waals surface area contributed by atoms with Crippen molar-refractivity contribution in [2.75, 3.05) is 11.1 Å². The van der Waals surface area contributed by atoms with Gasteiger partial charge in [-0.1, -0.05) is 30.3 Å². The van der Waals surface area contributed by atoms with E-state index in [1.54, 1.807) is 12.4 Å². The van der Waals surface area contributed by atoms with Gasteiger partial charge in [0, 0.05) is 17.8 Å². The fourth-order valence-electron chi connectivity index (χ4n) is 2.35. The highest BCUT2D eigenvalue weighted by Gasteiger charge is 2.11. The van der Waals surface area contributed by atoms with Crippen LogP contribution in [0.15, 0.2) is 60.9 Å². The molecule has 23 heavy (non-hydrogen) atoms. The minimum Gasteiger partial charge on any atom is -0.368 e. The van der Waals surface area contributed by atoms with Gasteiger partial charge in [-0.25, -0.2) is 9.97 Å². The van der Waals surface area contributed by atoms with Crippen molar-refractivity contribution in [2.24, 2.45) is 0 Å². The van der Waals surface area contributed by atoms with Crippen molar-refractivity contribution < 1.29 is 0 Å². The molecule has 1 aromatic carbocycles. The predicted octanol–water partition coefficient (Wildman–Crippen LogP) is 2.54. The molecule has 3 N–H and O–H groups in total. The summed E-state index contributed by atoms with van der Waals surface area (Å²) in [6.45, 7) is 0. The van der Waals surface area contributed by atoms with Crippen LogP contribution in [0, 0.1) is 0 Å². The van der Waals surface area contributed by atoms with E-state index in [1.807, 2.05) is 48.5 Å². The van der Waals surface area contributed by atoms with Crippen LogP contribution in [-0.4, -0.2) is 24.7 Å². The van der Waals surface area contributed by atoms with Crippen LogP contribution in [0.3, 0.4) is 0 Å². The average molecular weight is 303 g/mol. The maximum absolute atomic E-state index is 5.93. The molecule has 0 amide bonds. The topological polar surface area (TPSA) is 94.5 Å². The Bertz CT molecular complexity index is 957. The summed E-state index contributed by atoms with van der Waals surface area (Å²) in [5.41, 5.74) is 5.93. The van der Waals surface area contributed by atoms with Gasteiger partial charge >= 0.3 is 0 Å². The van der Waals surface area contributed by atoms with E-state index in [1.165, 1.54) is 4.68 Å². The van der Waals surface area contributed by atoms with E-state index in [2.05, 4.69) is 25.4 Å². The molecular formula is C16H13N7. The number of hydrogen-bond donors (Lipinski definition) is 2. The van der Waals surface area contributed by atoms with Gasteiger partial charge in [0.1, 0.15) is 5.82 Å². The van der Waals surface area contributed by atoms with Crippen molar-refractivity contribution in [3.63, 3.8) is 0 Å². The molecule has 0 aliphatic rings. The predicted molar refractivity (Wildman–Crippen MR) is 88.6 cm³/mol. The zero-order chi connectivity index (χ0) is 15.6. The smallest absolute Gasteiger partial charge is 0.250 e. The molecule has 7 heteroatoms. The molecule has 0 radical (unpaired) electrons. The Balaban J connectivity index is 1.72. The summed E-state index contributed by atoms with van der Waals surface area (Å²) in [7, 11) is 0. The number of hydrogen-bond acceptors (Lipinski definition) is 6. The molecule has 0 bridgehead atoms. The highest BCUT2D eigenvalue weighted by Crippen LogP contribution is 2.23. The first-order chi connectivity index (χ1) is 11.3. The van der Waals surface area contributed by atoms with Crippen molar-refractivity contribution in [3.05, 3.63) is 60.9 Å². The highest BCUT2D eigenvalue weighted by molar-refractivity contribution is 5.92. The molecule has 0 fully saturated rings. The summed E-state index contributed by atoms with van der Waals surface area (Å²) in [6.07, 6.45) is 3.42. The molecule has 0 aliphatic carbocycles. The number of nitrogens with two attached hydrogens (primary N) is 1. The van der Waals surface area contributed by atoms with E-state index in [0.29, 0.717) is 17.6 Å². The Kier molecular flexibility index (Phi) is 3.09. The van der Waals surface area contributed by atoms with Crippen LogP contribution in [0.25, 0.3) is 16.6 Å². The molecule has 0 unspecified atom stereocenters. The number of rotatable bonds is 3. The Labute approximate surface area is 131 Å². The first kappa shape index (κ1) is 13.2. The van der Waals surface area contributed by atoms with Crippen LogP contribution in [0.4, 0.5) is 17.7 Å². The largest absolute Gasteiger partial charge is 0.368 e. The second-order valence-corrected chi connectivity index (χ2v) is 4.90. The first-order valence-electron chi connectivity index (χ1n) is 7.06. The molecule has 3 heterocycles. The third kappa shape index (κ3) is 2.44. The Morgan fingerprint density at radius 2 is 1.78 bits per heavy atom. The lowest BCUT2D eigenvalue weighted by Gasteiger charge is -2.05. The summed E-state index contributed by atoms with van der Waals surface area (Å²) in [5.74, 6) is 1.92. The van der Waals surface area contributed by atoms with Gasteiger partial charge in [0.25, 0.3) is 0 Å². The van der Waals surface area contributed by atoms with Gasteiger partial charge in [-0.2, -0.15) is 9.67 Å². The summed E-state index contributed by atoms with van der Waals surface area (Å²) in [5, 5.41) is 9.54. The number of aromatic nitrogens is 5. The third-order valence-corrected chi connectivity index (χ3v) is 3.40. The molecule has 7 nitrogen and oxygen atoms in total. The number of fused-ring (bicyclic) bond motifs is 1. The second kappa shape index (κ2) is 5.38. The third-order valence-electron chi connectivity index (χ3n) is 3.40. The van der Waals surface area contributed by atoms with E-state index < -0.39 is 0 Å². The van der Waals surface area contributed by atoms with Crippen molar-refractivity contribution in [1.82, 2.24) is 24.7 Å². The quantitative estimate of drug-likeness (QED) is 0.604. The molecule has 4 rings (SSSR count). The Hall–Kier alpha value is -3.48. The monoisotopic (exact) mass is 303 g/mol. The average Bonchev–Trinajstić information content (AvgIpc) is 2.96. The fraction of sp³-hybridized carbons (Fsp3) is 0. The van der Waals surface area contributed by atoms with Gasteiger partial charge in [0.2, 0.25) is 11.9 Å². The lowest BCUT2D eigenvalue weighted by atomic mass is 10.1. The van der Waals surface area contributed by atoms with Gasteiger partial charge in [-0.3, -0.25) is 0 Å². The molecule has 0 saturated carbocycles. The normalized spacial score (nSPS) is 10.8. The van der Waals surface area contributed by atoms with Crippen molar-refractivity contribution >= 4 is 28.5 Å². The summed E-state index contributed by atoms with van der Waals surface area (Å²) < 4.78 is 1.48. The van der Waals surface area contributed by atoms with Crippen LogP contribution in [0.5, 0.6) is 0 Å². The lowest BCUT2D eigenvalue weighted by Crippen LogP contribution is -2.04. The number of anilines is 3. The van der Waals surface area contributed by atoms with E-state index in [4.69, 9.17) is 5.73 Å². The zero-order valence-corrected chi connectivity index (χ0v) is 12.1. The van der Waals surface area contributed by atoms with E-state index in [-0.39, 0.29) is 5.95 Å². The van der Waals surface area contributed by atoms with Crippen LogP contribution >= 0.6 is 0 Å². The first-order valence-corrected chi connectivity index (χ1v) is 7.06. The molecule has 4 aromatic rings. The van der Waals surface area contributed by atoms with Gasteiger partial charge < -0.3 is 11.1 Å². The van der Waals surface area contributed by atoms with Gasteiger partial charge in [0.15, 0.2) is 5.82 Å². The maximum Gasteiger partial charge on any atom is 0.250 e. The fourth-order valence-corrected chi connectivity index (χ4v) is 2.35. The van der Waals surface area contributed by atoms with E-state index in [0.717, 1.165) is 10.8 Å².